The fourth-order valence-electron chi connectivity index (χ4n) is 2.45. The molecule has 21 heavy (non-hydrogen) atoms. The molecule has 0 aromatic heterocycles. The second kappa shape index (κ2) is 8.25. The van der Waals surface area contributed by atoms with E-state index in [0.29, 0.717) is 13.2 Å². The highest BCUT2D eigenvalue weighted by Crippen LogP contribution is 2.24. The number of amides is 1. The molecule has 0 radical (unpaired) electrons. The van der Waals surface area contributed by atoms with Gasteiger partial charge in [-0.2, -0.15) is 0 Å². The molecule has 0 aliphatic carbocycles. The average molecular weight is 311 g/mol. The molecule has 1 saturated heterocycles. The van der Waals surface area contributed by atoms with Gasteiger partial charge in [-0.25, -0.2) is 4.79 Å². The predicted octanol–water partition coefficient (Wildman–Crippen LogP) is 3.61. The number of rotatable bonds is 4. The van der Waals surface area contributed by atoms with Crippen molar-refractivity contribution in [3.05, 3.63) is 34.9 Å². The van der Waals surface area contributed by atoms with E-state index in [2.05, 4.69) is 12.2 Å². The summed E-state index contributed by atoms with van der Waals surface area (Å²) in [6.45, 7) is 4.76. The quantitative estimate of drug-likeness (QED) is 0.864. The zero-order valence-electron chi connectivity index (χ0n) is 12.5. The number of hydrogen-bond acceptors (Lipinski definition) is 3. The molecule has 1 aliphatic heterocycles. The van der Waals surface area contributed by atoms with E-state index < -0.39 is 0 Å². The number of hydrogen-bond donors (Lipinski definition) is 1. The van der Waals surface area contributed by atoms with Crippen molar-refractivity contribution < 1.29 is 9.53 Å². The van der Waals surface area contributed by atoms with Gasteiger partial charge in [-0.3, -0.25) is 0 Å². The van der Waals surface area contributed by atoms with Gasteiger partial charge < -0.3 is 15.0 Å². The van der Waals surface area contributed by atoms with Crippen LogP contribution in [0.1, 0.15) is 37.8 Å². The summed E-state index contributed by atoms with van der Waals surface area (Å²) in [6, 6.07) is 7.83. The first-order valence-electron chi connectivity index (χ1n) is 7.62. The van der Waals surface area contributed by atoms with Crippen LogP contribution in [-0.2, 0) is 4.74 Å². The van der Waals surface area contributed by atoms with Gasteiger partial charge in [0, 0.05) is 18.1 Å². The van der Waals surface area contributed by atoms with Gasteiger partial charge in [0.15, 0.2) is 0 Å². The molecule has 4 nitrogen and oxygen atoms in total. The Morgan fingerprint density at radius 2 is 2.29 bits per heavy atom. The summed E-state index contributed by atoms with van der Waals surface area (Å²) in [4.78, 5) is 13.9. The van der Waals surface area contributed by atoms with Gasteiger partial charge in [0.25, 0.3) is 0 Å². The van der Waals surface area contributed by atoms with Gasteiger partial charge in [-0.1, -0.05) is 43.1 Å². The van der Waals surface area contributed by atoms with Crippen LogP contribution in [0.4, 0.5) is 4.79 Å². The Morgan fingerprint density at radius 3 is 3.05 bits per heavy atom. The van der Waals surface area contributed by atoms with Crippen LogP contribution in [0.5, 0.6) is 0 Å². The van der Waals surface area contributed by atoms with E-state index >= 15 is 0 Å². The minimum Gasteiger partial charge on any atom is -0.449 e. The maximum atomic E-state index is 12.1. The second-order valence-electron chi connectivity index (χ2n) is 5.30. The first kappa shape index (κ1) is 16.1. The molecule has 1 heterocycles. The van der Waals surface area contributed by atoms with Crippen LogP contribution in [-0.4, -0.2) is 37.2 Å². The number of carbonyl (C=O) groups is 1. The fraction of sp³-hybridized carbons (Fsp3) is 0.562. The summed E-state index contributed by atoms with van der Waals surface area (Å²) in [5.41, 5.74) is 1.03. The molecule has 1 aliphatic rings. The molecule has 1 aromatic carbocycles. The number of carbonyl (C=O) groups excluding carboxylic acids is 1. The van der Waals surface area contributed by atoms with Gasteiger partial charge in [-0.15, -0.1) is 0 Å². The molecule has 0 bridgehead atoms. The van der Waals surface area contributed by atoms with Crippen molar-refractivity contribution in [2.75, 3.05) is 26.2 Å². The third-order valence-electron chi connectivity index (χ3n) is 3.66. The summed E-state index contributed by atoms with van der Waals surface area (Å²) in [6.07, 6.45) is 2.64. The number of nitrogens with one attached hydrogen (secondary N) is 1. The molecule has 1 fully saturated rings. The minimum atomic E-state index is -0.218. The Labute approximate surface area is 131 Å². The third kappa shape index (κ3) is 4.61. The number of unbranched alkanes of at least 4 members (excludes halogenated alkanes) is 1. The molecular weight excluding hydrogens is 288 g/mol. The molecule has 1 atom stereocenters. The molecule has 1 N–H and O–H groups in total. The van der Waals surface area contributed by atoms with Gasteiger partial charge in [0.2, 0.25) is 0 Å². The lowest BCUT2D eigenvalue weighted by molar-refractivity contribution is 0.100. The van der Waals surface area contributed by atoms with Crippen LogP contribution in [0.15, 0.2) is 24.3 Å². The normalized spacial score (nSPS) is 19.1. The van der Waals surface area contributed by atoms with E-state index in [0.717, 1.165) is 42.9 Å². The Bertz CT molecular complexity index is 467. The summed E-state index contributed by atoms with van der Waals surface area (Å²) in [5, 5.41) is 4.19. The van der Waals surface area contributed by atoms with E-state index in [1.54, 1.807) is 4.90 Å². The molecule has 5 heteroatoms. The largest absolute Gasteiger partial charge is 0.449 e. The molecular formula is C16H23ClN2O2. The molecule has 1 aromatic rings. The molecule has 116 valence electrons. The Hall–Kier alpha value is -1.26. The highest BCUT2D eigenvalue weighted by atomic mass is 35.5. The van der Waals surface area contributed by atoms with Crippen LogP contribution < -0.4 is 5.32 Å². The topological polar surface area (TPSA) is 41.6 Å². The Morgan fingerprint density at radius 1 is 1.48 bits per heavy atom. The zero-order chi connectivity index (χ0) is 15.1. The average Bonchev–Trinajstić information content (AvgIpc) is 2.74. The fourth-order valence-corrected chi connectivity index (χ4v) is 2.72. The lowest BCUT2D eigenvalue weighted by atomic mass is 10.1. The van der Waals surface area contributed by atoms with Crippen LogP contribution in [0.2, 0.25) is 5.02 Å². The van der Waals surface area contributed by atoms with Gasteiger partial charge >= 0.3 is 6.09 Å². The zero-order valence-corrected chi connectivity index (χ0v) is 13.2. The van der Waals surface area contributed by atoms with E-state index in [9.17, 15) is 4.79 Å². The number of halogens is 1. The maximum absolute atomic E-state index is 12.1. The first-order valence-corrected chi connectivity index (χ1v) is 7.99. The van der Waals surface area contributed by atoms with Crippen molar-refractivity contribution in [1.29, 1.82) is 0 Å². The molecule has 1 amide bonds. The molecule has 0 saturated carbocycles. The summed E-state index contributed by atoms with van der Waals surface area (Å²) >= 11 is 6.27. The first-order chi connectivity index (χ1) is 10.2. The van der Waals surface area contributed by atoms with Gasteiger partial charge in [0.1, 0.15) is 0 Å². The van der Waals surface area contributed by atoms with E-state index in [-0.39, 0.29) is 12.1 Å². The van der Waals surface area contributed by atoms with Crippen molar-refractivity contribution in [3.8, 4) is 0 Å². The smallest absolute Gasteiger partial charge is 0.409 e. The van der Waals surface area contributed by atoms with Crippen molar-refractivity contribution in [2.45, 2.75) is 32.2 Å². The number of benzene rings is 1. The second-order valence-corrected chi connectivity index (χ2v) is 5.70. The van der Waals surface area contributed by atoms with E-state index in [1.165, 1.54) is 0 Å². The third-order valence-corrected chi connectivity index (χ3v) is 4.00. The van der Waals surface area contributed by atoms with Crippen LogP contribution in [0.25, 0.3) is 0 Å². The molecule has 0 spiro atoms. The Kier molecular flexibility index (Phi) is 6.33. The van der Waals surface area contributed by atoms with E-state index in [4.69, 9.17) is 16.3 Å². The van der Waals surface area contributed by atoms with Crippen molar-refractivity contribution in [3.63, 3.8) is 0 Å². The highest BCUT2D eigenvalue weighted by Gasteiger charge is 2.24. The summed E-state index contributed by atoms with van der Waals surface area (Å²) in [7, 11) is 0. The van der Waals surface area contributed by atoms with Crippen molar-refractivity contribution in [1.82, 2.24) is 10.2 Å². The lowest BCUT2D eigenvalue weighted by Gasteiger charge is -2.24. The van der Waals surface area contributed by atoms with Crippen LogP contribution in [0, 0.1) is 0 Å². The SMILES string of the molecule is CCCCOC(=O)N1CCCNC(c2ccccc2Cl)C1. The Balaban J connectivity index is 2.01. The van der Waals surface area contributed by atoms with Crippen LogP contribution in [0.3, 0.4) is 0 Å². The number of ether oxygens (including phenoxy) is 1. The summed E-state index contributed by atoms with van der Waals surface area (Å²) in [5.74, 6) is 0. The van der Waals surface area contributed by atoms with Gasteiger partial charge in [0.05, 0.1) is 12.6 Å². The molecule has 2 rings (SSSR count). The van der Waals surface area contributed by atoms with Crippen LogP contribution >= 0.6 is 11.6 Å². The standard InChI is InChI=1S/C16H23ClN2O2/c1-2-3-11-21-16(20)19-10-6-9-18-15(12-19)13-7-4-5-8-14(13)17/h4-5,7-8,15,18H,2-3,6,9-12H2,1H3. The highest BCUT2D eigenvalue weighted by molar-refractivity contribution is 6.31. The monoisotopic (exact) mass is 310 g/mol. The lowest BCUT2D eigenvalue weighted by Crippen LogP contribution is -2.36. The van der Waals surface area contributed by atoms with E-state index in [1.807, 2.05) is 24.3 Å². The number of nitrogens with zero attached hydrogens (tertiary/aromatic N) is 1. The van der Waals surface area contributed by atoms with Crippen molar-refractivity contribution >= 4 is 17.7 Å². The van der Waals surface area contributed by atoms with Crippen molar-refractivity contribution in [2.24, 2.45) is 0 Å². The molecule has 1 unspecified atom stereocenters. The minimum absolute atomic E-state index is 0.0555. The summed E-state index contributed by atoms with van der Waals surface area (Å²) < 4.78 is 5.32. The maximum Gasteiger partial charge on any atom is 0.409 e. The van der Waals surface area contributed by atoms with Gasteiger partial charge in [-0.05, 0) is 31.0 Å². The predicted molar refractivity (Wildman–Crippen MR) is 84.6 cm³/mol.